The summed E-state index contributed by atoms with van der Waals surface area (Å²) in [6.07, 6.45) is 0.558. The molecule has 134 valence electrons. The van der Waals surface area contributed by atoms with Crippen LogP contribution in [0.3, 0.4) is 0 Å². The van der Waals surface area contributed by atoms with Crippen molar-refractivity contribution in [2.24, 2.45) is 0 Å². The van der Waals surface area contributed by atoms with Crippen LogP contribution in [0.25, 0.3) is 0 Å². The van der Waals surface area contributed by atoms with Crippen LogP contribution in [0.5, 0.6) is 5.75 Å². The molecule has 0 radical (unpaired) electrons. The Bertz CT molecular complexity index is 542. The zero-order valence-electron chi connectivity index (χ0n) is 15.5. The number of benzene rings is 1. The van der Waals surface area contributed by atoms with E-state index in [9.17, 15) is 4.79 Å². The number of carbonyl (C=O) groups excluding carboxylic acids is 1. The van der Waals surface area contributed by atoms with Gasteiger partial charge in [-0.1, -0.05) is 6.92 Å². The lowest BCUT2D eigenvalue weighted by atomic mass is 9.97. The third-order valence-electron chi connectivity index (χ3n) is 4.52. The highest BCUT2D eigenvalue weighted by atomic mass is 16.5. The molecule has 1 aliphatic rings. The van der Waals surface area contributed by atoms with E-state index in [1.807, 2.05) is 30.9 Å². The molecule has 5 nitrogen and oxygen atoms in total. The van der Waals surface area contributed by atoms with E-state index in [4.69, 9.17) is 9.47 Å². The molecule has 1 aromatic rings. The fourth-order valence-corrected chi connectivity index (χ4v) is 3.21. The number of piperazine rings is 1. The number of hydrogen-bond donors (Lipinski definition) is 0. The van der Waals surface area contributed by atoms with Crippen molar-refractivity contribution >= 4 is 11.6 Å². The van der Waals surface area contributed by atoms with Gasteiger partial charge in [-0.05, 0) is 51.5 Å². The van der Waals surface area contributed by atoms with Crippen molar-refractivity contribution in [3.05, 3.63) is 24.3 Å². The molecule has 5 heteroatoms. The van der Waals surface area contributed by atoms with Crippen molar-refractivity contribution in [3.63, 3.8) is 0 Å². The smallest absolute Gasteiger partial charge is 0.251 e. The summed E-state index contributed by atoms with van der Waals surface area (Å²) in [7, 11) is 1.67. The molecule has 1 aliphatic heterocycles. The predicted molar refractivity (Wildman–Crippen MR) is 96.7 cm³/mol. The molecule has 0 bridgehead atoms. The zero-order valence-corrected chi connectivity index (χ0v) is 15.5. The van der Waals surface area contributed by atoms with Crippen LogP contribution in [0.2, 0.25) is 0 Å². The van der Waals surface area contributed by atoms with Gasteiger partial charge in [0.05, 0.1) is 12.6 Å². The summed E-state index contributed by atoms with van der Waals surface area (Å²) in [6.45, 7) is 11.1. The van der Waals surface area contributed by atoms with Gasteiger partial charge in [0.1, 0.15) is 11.9 Å². The Morgan fingerprint density at radius 3 is 2.46 bits per heavy atom. The molecule has 1 atom stereocenters. The topological polar surface area (TPSA) is 42.0 Å². The van der Waals surface area contributed by atoms with Crippen molar-refractivity contribution < 1.29 is 14.3 Å². The van der Waals surface area contributed by atoms with E-state index >= 15 is 0 Å². The molecular weight excluding hydrogens is 304 g/mol. The van der Waals surface area contributed by atoms with E-state index in [0.717, 1.165) is 24.4 Å². The van der Waals surface area contributed by atoms with Gasteiger partial charge in [0.2, 0.25) is 0 Å². The lowest BCUT2D eigenvalue weighted by Crippen LogP contribution is -2.61. The van der Waals surface area contributed by atoms with Crippen LogP contribution in [-0.2, 0) is 9.53 Å². The van der Waals surface area contributed by atoms with Gasteiger partial charge in [-0.25, -0.2) is 0 Å². The molecule has 2 rings (SSSR count). The highest BCUT2D eigenvalue weighted by Crippen LogP contribution is 2.29. The highest BCUT2D eigenvalue weighted by molar-refractivity contribution is 5.81. The second-order valence-corrected chi connectivity index (χ2v) is 6.93. The number of methoxy groups -OCH3 is 1. The Morgan fingerprint density at radius 2 is 1.92 bits per heavy atom. The summed E-state index contributed by atoms with van der Waals surface area (Å²) in [5.41, 5.74) is 1.02. The van der Waals surface area contributed by atoms with E-state index in [-0.39, 0.29) is 17.6 Å². The van der Waals surface area contributed by atoms with Crippen molar-refractivity contribution in [2.75, 3.05) is 38.3 Å². The number of amides is 1. The lowest BCUT2D eigenvalue weighted by Gasteiger charge is -2.49. The van der Waals surface area contributed by atoms with E-state index in [1.54, 1.807) is 7.11 Å². The van der Waals surface area contributed by atoms with Crippen molar-refractivity contribution in [3.8, 4) is 5.75 Å². The maximum absolute atomic E-state index is 12.6. The molecule has 0 spiro atoms. The van der Waals surface area contributed by atoms with Gasteiger partial charge in [-0.2, -0.15) is 0 Å². The molecule has 1 fully saturated rings. The highest BCUT2D eigenvalue weighted by Gasteiger charge is 2.36. The molecule has 1 aromatic carbocycles. The second-order valence-electron chi connectivity index (χ2n) is 6.93. The van der Waals surface area contributed by atoms with Gasteiger partial charge in [0.15, 0.2) is 0 Å². The van der Waals surface area contributed by atoms with Gasteiger partial charge < -0.3 is 19.3 Å². The summed E-state index contributed by atoms with van der Waals surface area (Å²) < 4.78 is 10.8. The number of anilines is 1. The summed E-state index contributed by atoms with van der Waals surface area (Å²) in [6, 6.07) is 8.10. The van der Waals surface area contributed by atoms with E-state index in [0.29, 0.717) is 19.7 Å². The molecule has 0 saturated carbocycles. The van der Waals surface area contributed by atoms with Gasteiger partial charge in [-0.3, -0.25) is 4.79 Å². The van der Waals surface area contributed by atoms with Crippen LogP contribution < -0.4 is 9.64 Å². The van der Waals surface area contributed by atoms with Crippen LogP contribution in [-0.4, -0.2) is 55.8 Å². The third-order valence-corrected chi connectivity index (χ3v) is 4.52. The second kappa shape index (κ2) is 7.88. The summed E-state index contributed by atoms with van der Waals surface area (Å²) in [5.74, 6) is 0.943. The molecule has 0 aromatic heterocycles. The first-order valence-corrected chi connectivity index (χ1v) is 8.71. The van der Waals surface area contributed by atoms with Crippen molar-refractivity contribution in [1.29, 1.82) is 0 Å². The molecule has 1 saturated heterocycles. The summed E-state index contributed by atoms with van der Waals surface area (Å²) >= 11 is 0. The van der Waals surface area contributed by atoms with Crippen LogP contribution in [0.1, 0.15) is 34.1 Å². The van der Waals surface area contributed by atoms with Gasteiger partial charge in [0.25, 0.3) is 5.91 Å². The van der Waals surface area contributed by atoms with E-state index < -0.39 is 0 Å². The number of carbonyl (C=O) groups is 1. The molecule has 24 heavy (non-hydrogen) atoms. The van der Waals surface area contributed by atoms with Crippen molar-refractivity contribution in [1.82, 2.24) is 4.90 Å². The van der Waals surface area contributed by atoms with Gasteiger partial charge in [0, 0.05) is 31.9 Å². The first-order valence-electron chi connectivity index (χ1n) is 8.71. The minimum Gasteiger partial charge on any atom is -0.497 e. The molecule has 0 aliphatic carbocycles. The maximum Gasteiger partial charge on any atom is 0.251 e. The summed E-state index contributed by atoms with van der Waals surface area (Å²) in [5, 5.41) is 0. The van der Waals surface area contributed by atoms with Gasteiger partial charge in [-0.15, -0.1) is 0 Å². The fourth-order valence-electron chi connectivity index (χ4n) is 3.21. The third kappa shape index (κ3) is 4.20. The number of rotatable bonds is 6. The normalized spacial score (nSPS) is 18.4. The zero-order chi connectivity index (χ0) is 17.7. The van der Waals surface area contributed by atoms with Gasteiger partial charge >= 0.3 is 0 Å². The first-order chi connectivity index (χ1) is 11.4. The number of ether oxygens (including phenoxy) is 2. The number of hydrogen-bond acceptors (Lipinski definition) is 4. The Hall–Kier alpha value is -1.75. The predicted octanol–water partition coefficient (Wildman–Crippen LogP) is 2.94. The average Bonchev–Trinajstić information content (AvgIpc) is 2.58. The minimum absolute atomic E-state index is 0.0888. The Kier molecular flexibility index (Phi) is 6.10. The lowest BCUT2D eigenvalue weighted by molar-refractivity contribution is -0.144. The molecule has 1 heterocycles. The Labute approximate surface area is 145 Å². The molecule has 1 amide bonds. The quantitative estimate of drug-likeness (QED) is 0.802. The maximum atomic E-state index is 12.6. The molecular formula is C19H30N2O3. The Morgan fingerprint density at radius 1 is 1.25 bits per heavy atom. The molecule has 0 unspecified atom stereocenters. The van der Waals surface area contributed by atoms with Crippen molar-refractivity contribution in [2.45, 2.75) is 45.8 Å². The van der Waals surface area contributed by atoms with Crippen LogP contribution in [0.15, 0.2) is 24.3 Å². The van der Waals surface area contributed by atoms with Crippen LogP contribution in [0, 0.1) is 0 Å². The largest absolute Gasteiger partial charge is 0.497 e. The minimum atomic E-state index is -0.367. The average molecular weight is 334 g/mol. The van der Waals surface area contributed by atoms with Crippen LogP contribution in [0.4, 0.5) is 5.69 Å². The number of nitrogens with zero attached hydrogens (tertiary/aromatic N) is 2. The fraction of sp³-hybridized carbons (Fsp3) is 0.632. The van der Waals surface area contributed by atoms with Crippen LogP contribution >= 0.6 is 0 Å². The molecule has 0 N–H and O–H groups in total. The standard InChI is InChI=1S/C19H30N2O3/c1-6-13-24-15(2)18(22)20-11-12-21(19(3,4)14-20)16-7-9-17(23-5)10-8-16/h7-10,15H,6,11-14H2,1-5H3/t15-/m0/s1. The monoisotopic (exact) mass is 334 g/mol. The van der Waals surface area contributed by atoms with E-state index in [1.165, 1.54) is 0 Å². The Balaban J connectivity index is 2.04. The SMILES string of the molecule is CCCO[C@@H](C)C(=O)N1CCN(c2ccc(OC)cc2)C(C)(C)C1. The first kappa shape index (κ1) is 18.6. The summed E-state index contributed by atoms with van der Waals surface area (Å²) in [4.78, 5) is 16.9. The van der Waals surface area contributed by atoms with E-state index in [2.05, 4.69) is 30.9 Å².